The lowest BCUT2D eigenvalue weighted by Gasteiger charge is -2.35. The number of hydrogen-bond acceptors (Lipinski definition) is 7. The fourth-order valence-electron chi connectivity index (χ4n) is 4.66. The van der Waals surface area contributed by atoms with Gasteiger partial charge in [-0.05, 0) is 56.0 Å². The molecule has 0 saturated heterocycles. The zero-order chi connectivity index (χ0) is 23.0. The molecular formula is C25H27NO6. The standard InChI is InChI=1S/C25H27NO6/c1-13-6-8-20(32-13)24-22(25(28)31-5)14(2)26-17-10-16(11-18(27)23(17)24)15-7-9-19(29-3)21(12-15)30-4/h6-9,12,16,24,26H,10-11H2,1-5H3/t16-,24+/m0/s1. The van der Waals surface area contributed by atoms with Crippen molar-refractivity contribution in [3.05, 3.63) is 70.0 Å². The van der Waals surface area contributed by atoms with Crippen LogP contribution >= 0.6 is 0 Å². The van der Waals surface area contributed by atoms with Gasteiger partial charge in [0.2, 0.25) is 0 Å². The van der Waals surface area contributed by atoms with Crippen molar-refractivity contribution in [3.63, 3.8) is 0 Å². The number of allylic oxidation sites excluding steroid dienone is 3. The fraction of sp³-hybridized carbons (Fsp3) is 0.360. The first-order chi connectivity index (χ1) is 15.4. The SMILES string of the molecule is COC(=O)C1=C(C)NC2=C(C(=O)C[C@@H](c3ccc(OC)c(OC)c3)C2)[C@@H]1c1ccc(C)o1. The average Bonchev–Trinajstić information content (AvgIpc) is 3.22. The summed E-state index contributed by atoms with van der Waals surface area (Å²) in [5.74, 6) is 1.43. The molecule has 1 aromatic carbocycles. The first-order valence-electron chi connectivity index (χ1n) is 10.5. The number of carbonyl (C=O) groups is 2. The zero-order valence-corrected chi connectivity index (χ0v) is 18.9. The highest BCUT2D eigenvalue weighted by atomic mass is 16.5. The van der Waals surface area contributed by atoms with Crippen molar-refractivity contribution in [2.75, 3.05) is 21.3 Å². The minimum Gasteiger partial charge on any atom is -0.493 e. The van der Waals surface area contributed by atoms with Gasteiger partial charge in [0, 0.05) is 23.4 Å². The maximum absolute atomic E-state index is 13.5. The lowest BCUT2D eigenvalue weighted by molar-refractivity contribution is -0.136. The summed E-state index contributed by atoms with van der Waals surface area (Å²) in [4.78, 5) is 26.1. The summed E-state index contributed by atoms with van der Waals surface area (Å²) < 4.78 is 21.7. The molecule has 0 fully saturated rings. The van der Waals surface area contributed by atoms with Crippen molar-refractivity contribution in [1.29, 1.82) is 0 Å². The number of hydrogen-bond donors (Lipinski definition) is 1. The van der Waals surface area contributed by atoms with Gasteiger partial charge in [0.1, 0.15) is 11.5 Å². The summed E-state index contributed by atoms with van der Waals surface area (Å²) in [5, 5.41) is 3.31. The van der Waals surface area contributed by atoms with E-state index >= 15 is 0 Å². The highest BCUT2D eigenvalue weighted by Gasteiger charge is 2.42. The van der Waals surface area contributed by atoms with Gasteiger partial charge in [-0.15, -0.1) is 0 Å². The number of benzene rings is 1. The Morgan fingerprint density at radius 2 is 1.78 bits per heavy atom. The van der Waals surface area contributed by atoms with Gasteiger partial charge in [0.05, 0.1) is 32.8 Å². The molecule has 0 bridgehead atoms. The number of carbonyl (C=O) groups excluding carboxylic acids is 2. The zero-order valence-electron chi connectivity index (χ0n) is 18.9. The van der Waals surface area contributed by atoms with Gasteiger partial charge in [0.15, 0.2) is 17.3 Å². The van der Waals surface area contributed by atoms with Crippen molar-refractivity contribution < 1.29 is 28.2 Å². The monoisotopic (exact) mass is 437 g/mol. The van der Waals surface area contributed by atoms with Crippen LogP contribution in [-0.2, 0) is 14.3 Å². The Labute approximate surface area is 187 Å². The maximum atomic E-state index is 13.5. The number of nitrogens with one attached hydrogen (secondary N) is 1. The number of ketones is 1. The van der Waals surface area contributed by atoms with Gasteiger partial charge in [-0.2, -0.15) is 0 Å². The summed E-state index contributed by atoms with van der Waals surface area (Å²) in [6, 6.07) is 9.39. The molecular weight excluding hydrogens is 410 g/mol. The first kappa shape index (κ1) is 21.7. The van der Waals surface area contributed by atoms with E-state index in [0.29, 0.717) is 52.7 Å². The van der Waals surface area contributed by atoms with E-state index in [4.69, 9.17) is 18.6 Å². The molecule has 7 nitrogen and oxygen atoms in total. The Kier molecular flexibility index (Phi) is 5.82. The molecule has 0 amide bonds. The van der Waals surface area contributed by atoms with Crippen LogP contribution in [0.3, 0.4) is 0 Å². The first-order valence-corrected chi connectivity index (χ1v) is 10.5. The third-order valence-corrected chi connectivity index (χ3v) is 6.16. The smallest absolute Gasteiger partial charge is 0.336 e. The maximum Gasteiger partial charge on any atom is 0.336 e. The Morgan fingerprint density at radius 1 is 1.03 bits per heavy atom. The summed E-state index contributed by atoms with van der Waals surface area (Å²) in [7, 11) is 4.53. The van der Waals surface area contributed by atoms with Crippen molar-refractivity contribution in [2.24, 2.45) is 0 Å². The lowest BCUT2D eigenvalue weighted by Crippen LogP contribution is -2.35. The summed E-state index contributed by atoms with van der Waals surface area (Å²) in [6.45, 7) is 3.66. The van der Waals surface area contributed by atoms with Crippen LogP contribution in [0.4, 0.5) is 0 Å². The number of methoxy groups -OCH3 is 3. The summed E-state index contributed by atoms with van der Waals surface area (Å²) >= 11 is 0. The number of ether oxygens (including phenoxy) is 3. The lowest BCUT2D eigenvalue weighted by atomic mass is 9.73. The van der Waals surface area contributed by atoms with Crippen LogP contribution in [0.15, 0.2) is 57.3 Å². The van der Waals surface area contributed by atoms with E-state index in [0.717, 1.165) is 11.3 Å². The largest absolute Gasteiger partial charge is 0.493 e. The van der Waals surface area contributed by atoms with E-state index in [1.165, 1.54) is 7.11 Å². The third-order valence-electron chi connectivity index (χ3n) is 6.16. The van der Waals surface area contributed by atoms with E-state index in [-0.39, 0.29) is 11.7 Å². The normalized spacial score (nSPS) is 20.6. The topological polar surface area (TPSA) is 87.0 Å². The molecule has 4 rings (SSSR count). The molecule has 1 aliphatic carbocycles. The van der Waals surface area contributed by atoms with Gasteiger partial charge < -0.3 is 23.9 Å². The molecule has 1 aromatic heterocycles. The van der Waals surface area contributed by atoms with E-state index in [2.05, 4.69) is 5.32 Å². The summed E-state index contributed by atoms with van der Waals surface area (Å²) in [5.41, 5.74) is 3.44. The van der Waals surface area contributed by atoms with E-state index in [1.807, 2.05) is 44.2 Å². The number of esters is 1. The van der Waals surface area contributed by atoms with Crippen LogP contribution in [0.25, 0.3) is 0 Å². The number of aryl methyl sites for hydroxylation is 1. The molecule has 1 N–H and O–H groups in total. The minimum atomic E-state index is -0.591. The van der Waals surface area contributed by atoms with Gasteiger partial charge in [-0.25, -0.2) is 4.79 Å². The number of Topliss-reactive ketones (excluding diaryl/α,β-unsaturated/α-hetero) is 1. The molecule has 0 spiro atoms. The highest BCUT2D eigenvalue weighted by Crippen LogP contribution is 2.46. The van der Waals surface area contributed by atoms with Crippen LogP contribution in [0.2, 0.25) is 0 Å². The fourth-order valence-corrected chi connectivity index (χ4v) is 4.66. The molecule has 2 aromatic rings. The van der Waals surface area contributed by atoms with E-state index in [9.17, 15) is 9.59 Å². The molecule has 1 aliphatic heterocycles. The predicted octanol–water partition coefficient (Wildman–Crippen LogP) is 4.14. The van der Waals surface area contributed by atoms with Gasteiger partial charge in [0.25, 0.3) is 0 Å². The quantitative estimate of drug-likeness (QED) is 0.704. The van der Waals surface area contributed by atoms with Crippen molar-refractivity contribution in [3.8, 4) is 11.5 Å². The van der Waals surface area contributed by atoms with Crippen LogP contribution in [0.1, 0.15) is 48.7 Å². The molecule has 0 radical (unpaired) electrons. The number of furan rings is 1. The number of dihydropyridines is 1. The molecule has 0 unspecified atom stereocenters. The molecule has 2 aliphatic rings. The van der Waals surface area contributed by atoms with Gasteiger partial charge >= 0.3 is 5.97 Å². The second-order valence-corrected chi connectivity index (χ2v) is 8.07. The molecule has 32 heavy (non-hydrogen) atoms. The molecule has 0 saturated carbocycles. The second-order valence-electron chi connectivity index (χ2n) is 8.07. The molecule has 2 atom stereocenters. The Hall–Kier alpha value is -3.48. The van der Waals surface area contributed by atoms with Crippen LogP contribution < -0.4 is 14.8 Å². The minimum absolute atomic E-state index is 0.0218. The summed E-state index contributed by atoms with van der Waals surface area (Å²) in [6.07, 6.45) is 0.943. The van der Waals surface area contributed by atoms with Crippen molar-refractivity contribution in [1.82, 2.24) is 5.32 Å². The second kappa shape index (κ2) is 8.57. The highest BCUT2D eigenvalue weighted by molar-refractivity contribution is 6.04. The molecule has 2 heterocycles. The van der Waals surface area contributed by atoms with E-state index < -0.39 is 11.9 Å². The van der Waals surface area contributed by atoms with Gasteiger partial charge in [-0.3, -0.25) is 4.79 Å². The van der Waals surface area contributed by atoms with Crippen LogP contribution in [0, 0.1) is 6.92 Å². The average molecular weight is 437 g/mol. The third kappa shape index (κ3) is 3.68. The van der Waals surface area contributed by atoms with Gasteiger partial charge in [-0.1, -0.05) is 6.07 Å². The Morgan fingerprint density at radius 3 is 2.41 bits per heavy atom. The molecule has 168 valence electrons. The van der Waals surface area contributed by atoms with Crippen molar-refractivity contribution in [2.45, 2.75) is 38.5 Å². The molecule has 7 heteroatoms. The predicted molar refractivity (Wildman–Crippen MR) is 118 cm³/mol. The van der Waals surface area contributed by atoms with E-state index in [1.54, 1.807) is 14.2 Å². The Balaban J connectivity index is 1.76. The Bertz CT molecular complexity index is 1140. The van der Waals surface area contributed by atoms with Crippen LogP contribution in [0.5, 0.6) is 11.5 Å². The number of rotatable bonds is 5. The van der Waals surface area contributed by atoms with Crippen molar-refractivity contribution >= 4 is 11.8 Å². The van der Waals surface area contributed by atoms with Crippen LogP contribution in [-0.4, -0.2) is 33.1 Å².